The molecule has 6 nitrogen and oxygen atoms in total. The van der Waals surface area contributed by atoms with Crippen LogP contribution in [0.5, 0.6) is 0 Å². The second-order valence-electron chi connectivity index (χ2n) is 8.81. The van der Waals surface area contributed by atoms with Crippen LogP contribution < -0.4 is 10.6 Å². The molecule has 1 heterocycles. The Balaban J connectivity index is 1.17. The van der Waals surface area contributed by atoms with Gasteiger partial charge in [-0.1, -0.05) is 48.0 Å². The maximum atomic E-state index is 12.6. The lowest BCUT2D eigenvalue weighted by Crippen LogP contribution is -2.55. The highest BCUT2D eigenvalue weighted by Gasteiger charge is 2.40. The van der Waals surface area contributed by atoms with Gasteiger partial charge in [0.05, 0.1) is 10.1 Å². The molecular weight excluding hydrogens is 410 g/mol. The van der Waals surface area contributed by atoms with Crippen molar-refractivity contribution in [3.63, 3.8) is 0 Å². The number of sulfone groups is 1. The minimum atomic E-state index is -3.31. The van der Waals surface area contributed by atoms with Crippen LogP contribution in [0.1, 0.15) is 36.8 Å². The van der Waals surface area contributed by atoms with E-state index in [1.54, 1.807) is 24.3 Å². The number of likely N-dealkylation sites (tertiary alicyclic amines) is 1. The standard InChI is InChI=1S/C24H31N3O3S/c1-18-6-5-7-19(14-18)17-27-12-10-20(11-13-27)25-24(28)26-21-15-23(16-21)31(29,30)22-8-3-2-4-9-22/h2-9,14,20-21,23H,10-13,15-17H2,1H3,(H2,25,26,28). The van der Waals surface area contributed by atoms with Crippen LogP contribution in [0, 0.1) is 6.92 Å². The van der Waals surface area contributed by atoms with Gasteiger partial charge < -0.3 is 10.6 Å². The molecule has 1 aliphatic heterocycles. The van der Waals surface area contributed by atoms with E-state index in [-0.39, 0.29) is 18.1 Å². The van der Waals surface area contributed by atoms with E-state index in [1.807, 2.05) is 6.07 Å². The molecule has 0 unspecified atom stereocenters. The summed E-state index contributed by atoms with van der Waals surface area (Å²) < 4.78 is 25.2. The van der Waals surface area contributed by atoms with Crippen molar-refractivity contribution in [1.82, 2.24) is 15.5 Å². The lowest BCUT2D eigenvalue weighted by Gasteiger charge is -2.36. The molecule has 1 aliphatic carbocycles. The molecule has 4 rings (SSSR count). The highest BCUT2D eigenvalue weighted by molar-refractivity contribution is 7.92. The van der Waals surface area contributed by atoms with Crippen LogP contribution in [0.2, 0.25) is 0 Å². The monoisotopic (exact) mass is 441 g/mol. The molecule has 2 aromatic rings. The van der Waals surface area contributed by atoms with E-state index in [0.29, 0.717) is 17.7 Å². The van der Waals surface area contributed by atoms with Crippen molar-refractivity contribution in [2.45, 2.75) is 61.4 Å². The summed E-state index contributed by atoms with van der Waals surface area (Å²) in [5, 5.41) is 5.61. The summed E-state index contributed by atoms with van der Waals surface area (Å²) in [6.45, 7) is 4.97. The summed E-state index contributed by atoms with van der Waals surface area (Å²) >= 11 is 0. The number of rotatable bonds is 6. The summed E-state index contributed by atoms with van der Waals surface area (Å²) in [7, 11) is -3.31. The van der Waals surface area contributed by atoms with Crippen LogP contribution in [0.25, 0.3) is 0 Å². The van der Waals surface area contributed by atoms with E-state index >= 15 is 0 Å². The second kappa shape index (κ2) is 9.40. The van der Waals surface area contributed by atoms with Gasteiger partial charge in [-0.25, -0.2) is 13.2 Å². The number of piperidine rings is 1. The fourth-order valence-corrected chi connectivity index (χ4v) is 6.35. The van der Waals surface area contributed by atoms with Crippen LogP contribution >= 0.6 is 0 Å². The quantitative estimate of drug-likeness (QED) is 0.721. The van der Waals surface area contributed by atoms with E-state index in [0.717, 1.165) is 32.5 Å². The minimum Gasteiger partial charge on any atom is -0.335 e. The van der Waals surface area contributed by atoms with Gasteiger partial charge in [-0.05, 0) is 50.3 Å². The van der Waals surface area contributed by atoms with Gasteiger partial charge in [0.25, 0.3) is 0 Å². The van der Waals surface area contributed by atoms with Crippen molar-refractivity contribution >= 4 is 15.9 Å². The minimum absolute atomic E-state index is 0.0788. The van der Waals surface area contributed by atoms with Crippen molar-refractivity contribution in [1.29, 1.82) is 0 Å². The third-order valence-corrected chi connectivity index (χ3v) is 8.54. The van der Waals surface area contributed by atoms with Gasteiger partial charge in [-0.15, -0.1) is 0 Å². The molecule has 2 amide bonds. The highest BCUT2D eigenvalue weighted by Crippen LogP contribution is 2.31. The van der Waals surface area contributed by atoms with Crippen molar-refractivity contribution < 1.29 is 13.2 Å². The lowest BCUT2D eigenvalue weighted by molar-refractivity contribution is 0.183. The van der Waals surface area contributed by atoms with Crippen LogP contribution in [0.4, 0.5) is 4.79 Å². The number of carbonyl (C=O) groups excluding carboxylic acids is 1. The van der Waals surface area contributed by atoms with Crippen molar-refractivity contribution in [2.75, 3.05) is 13.1 Å². The Labute approximate surface area is 185 Å². The van der Waals surface area contributed by atoms with Crippen LogP contribution in [0.3, 0.4) is 0 Å². The van der Waals surface area contributed by atoms with Crippen molar-refractivity contribution in [3.05, 3.63) is 65.7 Å². The summed E-state index contributed by atoms with van der Waals surface area (Å²) in [6, 6.07) is 17.0. The van der Waals surface area contributed by atoms with Gasteiger partial charge in [-0.2, -0.15) is 0 Å². The molecule has 0 bridgehead atoms. The number of hydrogen-bond donors (Lipinski definition) is 2. The largest absolute Gasteiger partial charge is 0.335 e. The first-order valence-electron chi connectivity index (χ1n) is 11.0. The number of nitrogens with one attached hydrogen (secondary N) is 2. The molecule has 0 atom stereocenters. The first-order chi connectivity index (χ1) is 14.9. The summed E-state index contributed by atoms with van der Waals surface area (Å²) in [5.74, 6) is 0. The van der Waals surface area contributed by atoms with Crippen LogP contribution in [-0.2, 0) is 16.4 Å². The summed E-state index contributed by atoms with van der Waals surface area (Å²) in [6.07, 6.45) is 2.79. The summed E-state index contributed by atoms with van der Waals surface area (Å²) in [4.78, 5) is 15.2. The van der Waals surface area contributed by atoms with E-state index in [9.17, 15) is 13.2 Å². The predicted octanol–water partition coefficient (Wildman–Crippen LogP) is 3.26. The average molecular weight is 442 g/mol. The molecular formula is C24H31N3O3S. The predicted molar refractivity (Wildman–Crippen MR) is 122 cm³/mol. The topological polar surface area (TPSA) is 78.5 Å². The molecule has 2 aliphatic rings. The smallest absolute Gasteiger partial charge is 0.315 e. The number of amides is 2. The number of carbonyl (C=O) groups is 1. The van der Waals surface area contributed by atoms with Gasteiger partial charge in [-0.3, -0.25) is 4.90 Å². The van der Waals surface area contributed by atoms with Gasteiger partial charge in [0.1, 0.15) is 0 Å². The van der Waals surface area contributed by atoms with Crippen LogP contribution in [-0.4, -0.2) is 49.8 Å². The molecule has 1 saturated heterocycles. The Morgan fingerprint density at radius 2 is 1.65 bits per heavy atom. The molecule has 2 aromatic carbocycles. The Kier molecular flexibility index (Phi) is 6.62. The molecule has 0 aromatic heterocycles. The fourth-order valence-electron chi connectivity index (χ4n) is 4.46. The zero-order chi connectivity index (χ0) is 21.8. The second-order valence-corrected chi connectivity index (χ2v) is 11.0. The number of aryl methyl sites for hydroxylation is 1. The zero-order valence-electron chi connectivity index (χ0n) is 18.0. The molecule has 1 saturated carbocycles. The zero-order valence-corrected chi connectivity index (χ0v) is 18.8. The number of hydrogen-bond acceptors (Lipinski definition) is 4. The Morgan fingerprint density at radius 3 is 2.32 bits per heavy atom. The maximum Gasteiger partial charge on any atom is 0.315 e. The van der Waals surface area contributed by atoms with E-state index in [4.69, 9.17) is 0 Å². The van der Waals surface area contributed by atoms with Gasteiger partial charge in [0, 0.05) is 31.7 Å². The van der Waals surface area contributed by atoms with Gasteiger partial charge in [0.2, 0.25) is 0 Å². The highest BCUT2D eigenvalue weighted by atomic mass is 32.2. The van der Waals surface area contributed by atoms with Gasteiger partial charge in [0.15, 0.2) is 9.84 Å². The SMILES string of the molecule is Cc1cccc(CN2CCC(NC(=O)NC3CC(S(=O)(=O)c4ccccc4)C3)CC2)c1. The number of urea groups is 1. The van der Waals surface area contributed by atoms with Crippen LogP contribution in [0.15, 0.2) is 59.5 Å². The molecule has 31 heavy (non-hydrogen) atoms. The summed E-state index contributed by atoms with van der Waals surface area (Å²) in [5.41, 5.74) is 2.61. The molecule has 7 heteroatoms. The first kappa shape index (κ1) is 21.8. The normalized spacial score (nSPS) is 22.5. The molecule has 0 radical (unpaired) electrons. The van der Waals surface area contributed by atoms with Gasteiger partial charge >= 0.3 is 6.03 Å². The molecule has 2 fully saturated rings. The third-order valence-electron chi connectivity index (χ3n) is 6.35. The molecule has 2 N–H and O–H groups in total. The average Bonchev–Trinajstić information content (AvgIpc) is 2.72. The fraction of sp³-hybridized carbons (Fsp3) is 0.458. The van der Waals surface area contributed by atoms with E-state index < -0.39 is 15.1 Å². The van der Waals surface area contributed by atoms with E-state index in [1.165, 1.54) is 11.1 Å². The lowest BCUT2D eigenvalue weighted by atomic mass is 9.92. The Morgan fingerprint density at radius 1 is 0.968 bits per heavy atom. The number of benzene rings is 2. The number of nitrogens with zero attached hydrogens (tertiary/aromatic N) is 1. The van der Waals surface area contributed by atoms with Crippen molar-refractivity contribution in [3.8, 4) is 0 Å². The molecule has 0 spiro atoms. The Hall–Kier alpha value is -2.38. The first-order valence-corrected chi connectivity index (χ1v) is 12.6. The van der Waals surface area contributed by atoms with Crippen molar-refractivity contribution in [2.24, 2.45) is 0 Å². The maximum absolute atomic E-state index is 12.6. The Bertz CT molecular complexity index is 996. The van der Waals surface area contributed by atoms with E-state index in [2.05, 4.69) is 46.7 Å². The molecule has 166 valence electrons. The third kappa shape index (κ3) is 5.46.